The third-order valence-corrected chi connectivity index (χ3v) is 3.60. The van der Waals surface area contributed by atoms with Crippen LogP contribution in [0, 0.1) is 20.8 Å². The quantitative estimate of drug-likeness (QED) is 0.757. The third kappa shape index (κ3) is 4.43. The van der Waals surface area contributed by atoms with E-state index in [1.54, 1.807) is 0 Å². The predicted molar refractivity (Wildman–Crippen MR) is 78.0 cm³/mol. The molecule has 2 atom stereocenters. The zero-order valence-corrected chi connectivity index (χ0v) is 12.4. The number of rotatable bonds is 6. The first-order valence-corrected chi connectivity index (χ1v) is 6.91. The molecule has 1 aromatic carbocycles. The van der Waals surface area contributed by atoms with Crippen molar-refractivity contribution in [3.05, 3.63) is 34.4 Å². The van der Waals surface area contributed by atoms with Crippen LogP contribution in [-0.4, -0.2) is 17.8 Å². The molecule has 2 unspecified atom stereocenters. The van der Waals surface area contributed by atoms with E-state index in [4.69, 9.17) is 0 Å². The monoisotopic (exact) mass is 249 g/mol. The van der Waals surface area contributed by atoms with Crippen LogP contribution in [-0.2, 0) is 0 Å². The van der Waals surface area contributed by atoms with Gasteiger partial charge in [-0.05, 0) is 76.3 Å². The first-order chi connectivity index (χ1) is 8.41. The van der Waals surface area contributed by atoms with E-state index in [0.29, 0.717) is 6.04 Å². The summed E-state index contributed by atoms with van der Waals surface area (Å²) in [5.74, 6) is 0. The van der Waals surface area contributed by atoms with Crippen LogP contribution >= 0.6 is 0 Å². The van der Waals surface area contributed by atoms with E-state index >= 15 is 0 Å². The van der Waals surface area contributed by atoms with Crippen LogP contribution < -0.4 is 5.32 Å². The molecule has 2 nitrogen and oxygen atoms in total. The average molecular weight is 249 g/mol. The van der Waals surface area contributed by atoms with Gasteiger partial charge in [-0.1, -0.05) is 12.1 Å². The highest BCUT2D eigenvalue weighted by Crippen LogP contribution is 2.21. The van der Waals surface area contributed by atoms with Crippen molar-refractivity contribution >= 4 is 0 Å². The van der Waals surface area contributed by atoms with Crippen LogP contribution in [0.5, 0.6) is 0 Å². The lowest BCUT2D eigenvalue weighted by atomic mass is 9.96. The van der Waals surface area contributed by atoms with E-state index in [-0.39, 0.29) is 6.10 Å². The number of aliphatic hydroxyl groups excluding tert-OH is 1. The van der Waals surface area contributed by atoms with Gasteiger partial charge in [-0.2, -0.15) is 0 Å². The highest BCUT2D eigenvalue weighted by Gasteiger charge is 2.09. The summed E-state index contributed by atoms with van der Waals surface area (Å²) in [4.78, 5) is 0. The molecule has 0 fully saturated rings. The van der Waals surface area contributed by atoms with Gasteiger partial charge in [0.25, 0.3) is 0 Å². The fraction of sp³-hybridized carbons (Fsp3) is 0.625. The molecule has 0 aliphatic carbocycles. The number of aryl methyl sites for hydroxylation is 3. The van der Waals surface area contributed by atoms with Crippen molar-refractivity contribution in [3.8, 4) is 0 Å². The maximum atomic E-state index is 9.22. The van der Waals surface area contributed by atoms with Gasteiger partial charge in [0.1, 0.15) is 0 Å². The Morgan fingerprint density at radius 2 is 1.67 bits per heavy atom. The molecule has 0 amide bonds. The van der Waals surface area contributed by atoms with E-state index in [9.17, 15) is 5.11 Å². The first-order valence-electron chi connectivity index (χ1n) is 6.91. The highest BCUT2D eigenvalue weighted by molar-refractivity contribution is 5.37. The lowest BCUT2D eigenvalue weighted by Crippen LogP contribution is -2.21. The molecule has 2 heteroatoms. The molecular formula is C16H27NO. The number of aliphatic hydroxyl groups is 1. The molecule has 0 heterocycles. The topological polar surface area (TPSA) is 32.3 Å². The third-order valence-electron chi connectivity index (χ3n) is 3.60. The number of hydrogen-bond donors (Lipinski definition) is 2. The Hall–Kier alpha value is -0.860. The molecule has 0 aliphatic heterocycles. The van der Waals surface area contributed by atoms with Gasteiger partial charge in [0.05, 0.1) is 6.10 Å². The summed E-state index contributed by atoms with van der Waals surface area (Å²) in [6, 6.07) is 4.92. The molecule has 18 heavy (non-hydrogen) atoms. The van der Waals surface area contributed by atoms with Crippen molar-refractivity contribution < 1.29 is 5.11 Å². The molecule has 0 spiro atoms. The van der Waals surface area contributed by atoms with E-state index < -0.39 is 0 Å². The Morgan fingerprint density at radius 3 is 2.28 bits per heavy atom. The summed E-state index contributed by atoms with van der Waals surface area (Å²) in [6.07, 6.45) is 1.70. The molecule has 0 saturated heterocycles. The molecule has 0 saturated carbocycles. The molecular weight excluding hydrogens is 222 g/mol. The van der Waals surface area contributed by atoms with Gasteiger partial charge in [0.15, 0.2) is 0 Å². The highest BCUT2D eigenvalue weighted by atomic mass is 16.3. The largest absolute Gasteiger partial charge is 0.393 e. The molecule has 2 N–H and O–H groups in total. The van der Waals surface area contributed by atoms with E-state index in [0.717, 1.165) is 19.4 Å². The second kappa shape index (κ2) is 6.91. The molecule has 0 radical (unpaired) electrons. The predicted octanol–water partition coefficient (Wildman–Crippen LogP) is 3.42. The van der Waals surface area contributed by atoms with Crippen LogP contribution in [0.4, 0.5) is 0 Å². The minimum absolute atomic E-state index is 0.189. The standard InChI is InChI=1S/C16H27NO/c1-11-9-13(3)16(10-12(11)2)15(5)17-8-6-7-14(4)18/h9-10,14-15,17-18H,6-8H2,1-5H3. The number of nitrogens with one attached hydrogen (secondary N) is 1. The Kier molecular flexibility index (Phi) is 5.83. The number of hydrogen-bond acceptors (Lipinski definition) is 2. The molecule has 0 bridgehead atoms. The van der Waals surface area contributed by atoms with Crippen molar-refractivity contribution in [2.45, 2.75) is 59.6 Å². The van der Waals surface area contributed by atoms with Gasteiger partial charge in [0, 0.05) is 6.04 Å². The second-order valence-electron chi connectivity index (χ2n) is 5.46. The Morgan fingerprint density at radius 1 is 1.06 bits per heavy atom. The Labute approximate surface area is 111 Å². The van der Waals surface area contributed by atoms with Crippen LogP contribution in [0.25, 0.3) is 0 Å². The summed E-state index contributed by atoms with van der Waals surface area (Å²) < 4.78 is 0. The van der Waals surface area contributed by atoms with Gasteiger partial charge < -0.3 is 10.4 Å². The molecule has 0 aromatic heterocycles. The summed E-state index contributed by atoms with van der Waals surface area (Å²) >= 11 is 0. The maximum Gasteiger partial charge on any atom is 0.0512 e. The lowest BCUT2D eigenvalue weighted by Gasteiger charge is -2.18. The zero-order valence-electron chi connectivity index (χ0n) is 12.4. The first kappa shape index (κ1) is 15.2. The molecule has 1 rings (SSSR count). The summed E-state index contributed by atoms with van der Waals surface area (Å²) in [5.41, 5.74) is 5.45. The zero-order chi connectivity index (χ0) is 13.7. The fourth-order valence-electron chi connectivity index (χ4n) is 2.28. The minimum atomic E-state index is -0.189. The van der Waals surface area contributed by atoms with Gasteiger partial charge in [-0.15, -0.1) is 0 Å². The van der Waals surface area contributed by atoms with Crippen molar-refractivity contribution in [2.24, 2.45) is 0 Å². The van der Waals surface area contributed by atoms with Gasteiger partial charge in [-0.3, -0.25) is 0 Å². The summed E-state index contributed by atoms with van der Waals surface area (Å²) in [7, 11) is 0. The van der Waals surface area contributed by atoms with Crippen molar-refractivity contribution in [1.29, 1.82) is 0 Å². The number of benzene rings is 1. The smallest absolute Gasteiger partial charge is 0.0512 e. The van der Waals surface area contributed by atoms with E-state index in [1.807, 2.05) is 6.92 Å². The van der Waals surface area contributed by atoms with Crippen molar-refractivity contribution in [3.63, 3.8) is 0 Å². The minimum Gasteiger partial charge on any atom is -0.393 e. The van der Waals surface area contributed by atoms with Crippen molar-refractivity contribution in [2.75, 3.05) is 6.54 Å². The maximum absolute atomic E-state index is 9.22. The summed E-state index contributed by atoms with van der Waals surface area (Å²) in [6.45, 7) is 11.5. The normalized spacial score (nSPS) is 14.6. The van der Waals surface area contributed by atoms with E-state index in [1.165, 1.54) is 22.3 Å². The van der Waals surface area contributed by atoms with Crippen LogP contribution in [0.1, 0.15) is 55.0 Å². The Bertz CT molecular complexity index is 385. The summed E-state index contributed by atoms with van der Waals surface area (Å²) in [5, 5.41) is 12.7. The van der Waals surface area contributed by atoms with Crippen molar-refractivity contribution in [1.82, 2.24) is 5.32 Å². The average Bonchev–Trinajstić information content (AvgIpc) is 2.28. The fourth-order valence-corrected chi connectivity index (χ4v) is 2.28. The molecule has 0 aliphatic rings. The molecule has 102 valence electrons. The van der Waals surface area contributed by atoms with Gasteiger partial charge in [-0.25, -0.2) is 0 Å². The van der Waals surface area contributed by atoms with Crippen LogP contribution in [0.2, 0.25) is 0 Å². The SMILES string of the molecule is Cc1cc(C)c(C(C)NCCCC(C)O)cc1C. The Balaban J connectivity index is 2.56. The van der Waals surface area contributed by atoms with Crippen LogP contribution in [0.15, 0.2) is 12.1 Å². The van der Waals surface area contributed by atoms with E-state index in [2.05, 4.69) is 45.1 Å². The second-order valence-corrected chi connectivity index (χ2v) is 5.46. The van der Waals surface area contributed by atoms with Gasteiger partial charge in [0.2, 0.25) is 0 Å². The van der Waals surface area contributed by atoms with Crippen LogP contribution in [0.3, 0.4) is 0 Å². The molecule has 1 aromatic rings. The van der Waals surface area contributed by atoms with Gasteiger partial charge >= 0.3 is 0 Å². The lowest BCUT2D eigenvalue weighted by molar-refractivity contribution is 0.181.